The van der Waals surface area contributed by atoms with E-state index in [-0.39, 0.29) is 10.6 Å². The normalized spacial score (nSPS) is 10.4. The molecular formula is C13H7ClF2O2. The van der Waals surface area contributed by atoms with Gasteiger partial charge in [-0.15, -0.1) is 0 Å². The third kappa shape index (κ3) is 2.33. The Bertz CT molecular complexity index is 626. The molecule has 5 heteroatoms. The average Bonchev–Trinajstić information content (AvgIpc) is 2.33. The molecule has 18 heavy (non-hydrogen) atoms. The quantitative estimate of drug-likeness (QED) is 0.894. The molecule has 0 aromatic heterocycles. The van der Waals surface area contributed by atoms with E-state index < -0.39 is 17.6 Å². The Morgan fingerprint density at radius 3 is 2.39 bits per heavy atom. The van der Waals surface area contributed by atoms with Gasteiger partial charge in [0.15, 0.2) is 11.6 Å². The Labute approximate surface area is 106 Å². The van der Waals surface area contributed by atoms with Gasteiger partial charge < -0.3 is 5.11 Å². The van der Waals surface area contributed by atoms with Crippen molar-refractivity contribution in [2.75, 3.05) is 0 Å². The second-order valence-electron chi connectivity index (χ2n) is 3.63. The van der Waals surface area contributed by atoms with Gasteiger partial charge in [-0.2, -0.15) is 0 Å². The van der Waals surface area contributed by atoms with Gasteiger partial charge in [0.1, 0.15) is 0 Å². The molecule has 0 atom stereocenters. The number of aromatic carboxylic acids is 1. The first-order valence-corrected chi connectivity index (χ1v) is 5.35. The maximum Gasteiger partial charge on any atom is 0.335 e. The highest BCUT2D eigenvalue weighted by atomic mass is 35.5. The standard InChI is InChI=1S/C13H7ClF2O2/c14-10-3-1-8(13(17)18)5-9(10)7-2-4-11(15)12(16)6-7/h1-6H,(H,17,18). The minimum absolute atomic E-state index is 0.0270. The lowest BCUT2D eigenvalue weighted by Gasteiger charge is -2.06. The van der Waals surface area contributed by atoms with Crippen LogP contribution in [0.25, 0.3) is 11.1 Å². The van der Waals surface area contributed by atoms with Gasteiger partial charge in [0.05, 0.1) is 5.56 Å². The number of benzene rings is 2. The molecule has 0 fully saturated rings. The molecule has 0 amide bonds. The molecule has 92 valence electrons. The van der Waals surface area contributed by atoms with Gasteiger partial charge in [0, 0.05) is 10.6 Å². The van der Waals surface area contributed by atoms with Crippen LogP contribution in [0.15, 0.2) is 36.4 Å². The summed E-state index contributed by atoms with van der Waals surface area (Å²) in [7, 11) is 0. The molecule has 0 saturated carbocycles. The Morgan fingerprint density at radius 1 is 1.06 bits per heavy atom. The minimum Gasteiger partial charge on any atom is -0.478 e. The number of hydrogen-bond acceptors (Lipinski definition) is 1. The second-order valence-corrected chi connectivity index (χ2v) is 4.04. The molecule has 0 aliphatic carbocycles. The van der Waals surface area contributed by atoms with Gasteiger partial charge in [-0.3, -0.25) is 0 Å². The van der Waals surface area contributed by atoms with Crippen LogP contribution < -0.4 is 0 Å². The number of carboxylic acid groups (broad SMARTS) is 1. The highest BCUT2D eigenvalue weighted by molar-refractivity contribution is 6.33. The fourth-order valence-corrected chi connectivity index (χ4v) is 1.77. The zero-order valence-corrected chi connectivity index (χ0v) is 9.71. The molecule has 2 nitrogen and oxygen atoms in total. The topological polar surface area (TPSA) is 37.3 Å². The summed E-state index contributed by atoms with van der Waals surface area (Å²) in [5.74, 6) is -3.09. The van der Waals surface area contributed by atoms with Crippen molar-refractivity contribution in [2.24, 2.45) is 0 Å². The zero-order valence-electron chi connectivity index (χ0n) is 8.95. The van der Waals surface area contributed by atoms with Gasteiger partial charge in [-0.25, -0.2) is 13.6 Å². The van der Waals surface area contributed by atoms with E-state index in [0.29, 0.717) is 11.1 Å². The smallest absolute Gasteiger partial charge is 0.335 e. The molecule has 0 unspecified atom stereocenters. The molecule has 0 saturated heterocycles. The molecule has 0 spiro atoms. The monoisotopic (exact) mass is 268 g/mol. The van der Waals surface area contributed by atoms with Crippen LogP contribution in [0.3, 0.4) is 0 Å². The van der Waals surface area contributed by atoms with Crippen LogP contribution >= 0.6 is 11.6 Å². The first-order chi connectivity index (χ1) is 8.49. The van der Waals surface area contributed by atoms with Crippen LogP contribution in [0.2, 0.25) is 5.02 Å². The first-order valence-electron chi connectivity index (χ1n) is 4.97. The van der Waals surface area contributed by atoms with Crippen LogP contribution in [-0.4, -0.2) is 11.1 Å². The van der Waals surface area contributed by atoms with Crippen LogP contribution in [0, 0.1) is 11.6 Å². The maximum absolute atomic E-state index is 13.1. The van der Waals surface area contributed by atoms with E-state index in [0.717, 1.165) is 12.1 Å². The third-order valence-corrected chi connectivity index (χ3v) is 2.77. The first kappa shape index (κ1) is 12.5. The summed E-state index contributed by atoms with van der Waals surface area (Å²) in [4.78, 5) is 10.8. The fourth-order valence-electron chi connectivity index (χ4n) is 1.54. The molecule has 0 aliphatic rings. The van der Waals surface area contributed by atoms with E-state index in [1.54, 1.807) is 0 Å². The van der Waals surface area contributed by atoms with E-state index in [2.05, 4.69) is 0 Å². The molecule has 0 heterocycles. The van der Waals surface area contributed by atoms with Crippen molar-refractivity contribution in [1.29, 1.82) is 0 Å². The number of carboxylic acids is 1. The summed E-state index contributed by atoms with van der Waals surface area (Å²) in [5, 5.41) is 9.14. The molecule has 1 N–H and O–H groups in total. The third-order valence-electron chi connectivity index (χ3n) is 2.44. The predicted octanol–water partition coefficient (Wildman–Crippen LogP) is 3.98. The number of rotatable bonds is 2. The second kappa shape index (κ2) is 4.74. The van der Waals surface area contributed by atoms with E-state index in [1.807, 2.05) is 0 Å². The maximum atomic E-state index is 13.1. The van der Waals surface area contributed by atoms with Gasteiger partial charge in [-0.05, 0) is 35.9 Å². The summed E-state index contributed by atoms with van der Waals surface area (Å²) in [6.45, 7) is 0. The summed E-state index contributed by atoms with van der Waals surface area (Å²) in [6, 6.07) is 7.34. The van der Waals surface area contributed by atoms with E-state index >= 15 is 0 Å². The van der Waals surface area contributed by atoms with Crippen LogP contribution in [0.1, 0.15) is 10.4 Å². The molecular weight excluding hydrogens is 262 g/mol. The van der Waals surface area contributed by atoms with Gasteiger partial charge in [0.2, 0.25) is 0 Å². The van der Waals surface area contributed by atoms with E-state index in [1.165, 1.54) is 24.3 Å². The van der Waals surface area contributed by atoms with Gasteiger partial charge >= 0.3 is 5.97 Å². The van der Waals surface area contributed by atoms with Crippen molar-refractivity contribution in [3.05, 3.63) is 58.6 Å². The molecule has 2 aromatic rings. The lowest BCUT2D eigenvalue weighted by Crippen LogP contribution is -1.96. The molecule has 0 radical (unpaired) electrons. The molecule has 2 rings (SSSR count). The summed E-state index contributed by atoms with van der Waals surface area (Å²) < 4.78 is 25.9. The Balaban J connectivity index is 2.58. The van der Waals surface area contributed by atoms with Crippen molar-refractivity contribution in [3.63, 3.8) is 0 Å². The van der Waals surface area contributed by atoms with Crippen molar-refractivity contribution in [1.82, 2.24) is 0 Å². The van der Waals surface area contributed by atoms with Crippen LogP contribution in [0.4, 0.5) is 8.78 Å². The Morgan fingerprint density at radius 2 is 1.78 bits per heavy atom. The highest BCUT2D eigenvalue weighted by Gasteiger charge is 2.11. The fraction of sp³-hybridized carbons (Fsp3) is 0. The number of hydrogen-bond donors (Lipinski definition) is 1. The van der Waals surface area contributed by atoms with E-state index in [9.17, 15) is 13.6 Å². The Hall–Kier alpha value is -1.94. The number of halogens is 3. The van der Waals surface area contributed by atoms with Crippen molar-refractivity contribution >= 4 is 17.6 Å². The predicted molar refractivity (Wildman–Crippen MR) is 63.8 cm³/mol. The Kier molecular flexibility index (Phi) is 3.30. The molecule has 0 bridgehead atoms. The van der Waals surface area contributed by atoms with Crippen LogP contribution in [-0.2, 0) is 0 Å². The van der Waals surface area contributed by atoms with Gasteiger partial charge in [-0.1, -0.05) is 17.7 Å². The van der Waals surface area contributed by atoms with E-state index in [4.69, 9.17) is 16.7 Å². The minimum atomic E-state index is -1.12. The zero-order chi connectivity index (χ0) is 13.3. The molecule has 0 aliphatic heterocycles. The van der Waals surface area contributed by atoms with Crippen molar-refractivity contribution < 1.29 is 18.7 Å². The number of carbonyl (C=O) groups is 1. The lowest BCUT2D eigenvalue weighted by atomic mass is 10.0. The summed E-state index contributed by atoms with van der Waals surface area (Å²) in [5.41, 5.74) is 0.691. The lowest BCUT2D eigenvalue weighted by molar-refractivity contribution is 0.0697. The largest absolute Gasteiger partial charge is 0.478 e. The van der Waals surface area contributed by atoms with Gasteiger partial charge in [0.25, 0.3) is 0 Å². The van der Waals surface area contributed by atoms with Crippen molar-refractivity contribution in [3.8, 4) is 11.1 Å². The SMILES string of the molecule is O=C(O)c1ccc(Cl)c(-c2ccc(F)c(F)c2)c1. The van der Waals surface area contributed by atoms with Crippen LogP contribution in [0.5, 0.6) is 0 Å². The summed E-state index contributed by atoms with van der Waals surface area (Å²) in [6.07, 6.45) is 0. The van der Waals surface area contributed by atoms with Crippen molar-refractivity contribution in [2.45, 2.75) is 0 Å². The molecule has 2 aromatic carbocycles. The average molecular weight is 269 g/mol. The highest BCUT2D eigenvalue weighted by Crippen LogP contribution is 2.29. The summed E-state index contributed by atoms with van der Waals surface area (Å²) >= 11 is 5.92.